The van der Waals surface area contributed by atoms with E-state index in [4.69, 9.17) is 0 Å². The van der Waals surface area contributed by atoms with E-state index in [1.807, 2.05) is 23.1 Å². The van der Waals surface area contributed by atoms with Gasteiger partial charge in [0, 0.05) is 35.6 Å². The number of aryl methyl sites for hydroxylation is 2. The molecule has 0 bridgehead atoms. The van der Waals surface area contributed by atoms with Gasteiger partial charge in [0.15, 0.2) is 0 Å². The van der Waals surface area contributed by atoms with Crippen LogP contribution in [0.3, 0.4) is 0 Å². The van der Waals surface area contributed by atoms with Crippen molar-refractivity contribution in [2.75, 3.05) is 6.54 Å². The van der Waals surface area contributed by atoms with Crippen LogP contribution >= 0.6 is 27.3 Å². The van der Waals surface area contributed by atoms with Crippen molar-refractivity contribution >= 4 is 27.3 Å². The highest BCUT2D eigenvalue weighted by Gasteiger charge is 2.20. The summed E-state index contributed by atoms with van der Waals surface area (Å²) in [6, 6.07) is 4.67. The number of rotatable bonds is 6. The highest BCUT2D eigenvalue weighted by atomic mass is 79.9. The molecule has 0 aliphatic carbocycles. The van der Waals surface area contributed by atoms with Crippen LogP contribution in [0.2, 0.25) is 0 Å². The van der Waals surface area contributed by atoms with Crippen LogP contribution in [0.25, 0.3) is 0 Å². The van der Waals surface area contributed by atoms with Gasteiger partial charge >= 0.3 is 0 Å². The second-order valence-corrected chi connectivity index (χ2v) is 7.67. The smallest absolute Gasteiger partial charge is 0.0701 e. The third kappa shape index (κ3) is 3.51. The minimum atomic E-state index is 0.342. The van der Waals surface area contributed by atoms with Gasteiger partial charge in [-0.25, -0.2) is 0 Å². The molecule has 1 N–H and O–H groups in total. The lowest BCUT2D eigenvalue weighted by Gasteiger charge is -2.19. The maximum Gasteiger partial charge on any atom is 0.0701 e. The van der Waals surface area contributed by atoms with Crippen molar-refractivity contribution in [3.8, 4) is 0 Å². The fourth-order valence-corrected chi connectivity index (χ4v) is 4.08. The molecule has 0 amide bonds. The highest BCUT2D eigenvalue weighted by molar-refractivity contribution is 9.11. The van der Waals surface area contributed by atoms with E-state index in [-0.39, 0.29) is 0 Å². The zero-order valence-corrected chi connectivity index (χ0v) is 14.9. The predicted molar refractivity (Wildman–Crippen MR) is 89.4 cm³/mol. The third-order valence-corrected chi connectivity index (χ3v) is 5.23. The summed E-state index contributed by atoms with van der Waals surface area (Å²) in [4.78, 5) is 1.40. The van der Waals surface area contributed by atoms with Crippen molar-refractivity contribution < 1.29 is 0 Å². The number of hydrogen-bond acceptors (Lipinski definition) is 3. The Labute approximate surface area is 133 Å². The molecule has 0 aromatic carbocycles. The SMILES string of the molecule is CCCNC(Cc1ccc(Br)s1)c1c(C)nn(C)c1C. The number of nitrogens with one attached hydrogen (secondary N) is 1. The molecule has 0 fully saturated rings. The number of nitrogens with zero attached hydrogens (tertiary/aromatic N) is 2. The van der Waals surface area contributed by atoms with Gasteiger partial charge in [-0.05, 0) is 54.9 Å². The van der Waals surface area contributed by atoms with Crippen molar-refractivity contribution in [1.29, 1.82) is 0 Å². The van der Waals surface area contributed by atoms with E-state index in [9.17, 15) is 0 Å². The van der Waals surface area contributed by atoms with Gasteiger partial charge in [0.2, 0.25) is 0 Å². The zero-order chi connectivity index (χ0) is 14.7. The molecule has 2 aromatic heterocycles. The highest BCUT2D eigenvalue weighted by Crippen LogP contribution is 2.29. The van der Waals surface area contributed by atoms with E-state index in [2.05, 4.69) is 59.2 Å². The molecule has 110 valence electrons. The van der Waals surface area contributed by atoms with Crippen LogP contribution in [0.1, 0.15) is 41.2 Å². The molecular weight excluding hydrogens is 334 g/mol. The normalized spacial score (nSPS) is 12.8. The van der Waals surface area contributed by atoms with Crippen LogP contribution in [0.15, 0.2) is 15.9 Å². The molecule has 0 aliphatic heterocycles. The lowest BCUT2D eigenvalue weighted by molar-refractivity contribution is 0.527. The van der Waals surface area contributed by atoms with E-state index in [0.717, 1.165) is 25.1 Å². The van der Waals surface area contributed by atoms with Crippen LogP contribution in [0.5, 0.6) is 0 Å². The van der Waals surface area contributed by atoms with E-state index >= 15 is 0 Å². The number of halogens is 1. The van der Waals surface area contributed by atoms with Crippen molar-refractivity contribution in [2.24, 2.45) is 7.05 Å². The summed E-state index contributed by atoms with van der Waals surface area (Å²) >= 11 is 5.36. The molecule has 0 saturated carbocycles. The van der Waals surface area contributed by atoms with Gasteiger partial charge in [-0.3, -0.25) is 4.68 Å². The molecule has 0 saturated heterocycles. The Morgan fingerprint density at radius 1 is 1.40 bits per heavy atom. The number of thiophene rings is 1. The second-order valence-electron chi connectivity index (χ2n) is 5.12. The van der Waals surface area contributed by atoms with Crippen LogP contribution < -0.4 is 5.32 Å². The third-order valence-electron chi connectivity index (χ3n) is 3.59. The molecule has 0 spiro atoms. The Morgan fingerprint density at radius 3 is 2.65 bits per heavy atom. The van der Waals surface area contributed by atoms with Crippen LogP contribution in [-0.4, -0.2) is 16.3 Å². The lowest BCUT2D eigenvalue weighted by atomic mass is 10.0. The topological polar surface area (TPSA) is 29.9 Å². The van der Waals surface area contributed by atoms with Crippen LogP contribution in [0.4, 0.5) is 0 Å². The molecule has 2 heterocycles. The summed E-state index contributed by atoms with van der Waals surface area (Å²) in [7, 11) is 2.02. The predicted octanol–water partition coefficient (Wildman–Crippen LogP) is 4.14. The van der Waals surface area contributed by atoms with Gasteiger partial charge < -0.3 is 5.32 Å². The summed E-state index contributed by atoms with van der Waals surface area (Å²) in [6.45, 7) is 7.49. The molecule has 3 nitrogen and oxygen atoms in total. The van der Waals surface area contributed by atoms with E-state index in [1.54, 1.807) is 0 Å². The van der Waals surface area contributed by atoms with Crippen molar-refractivity contribution in [1.82, 2.24) is 15.1 Å². The maximum absolute atomic E-state index is 4.56. The summed E-state index contributed by atoms with van der Waals surface area (Å²) in [5.74, 6) is 0. The Hall–Kier alpha value is -0.650. The molecule has 5 heteroatoms. The Balaban J connectivity index is 2.26. The average molecular weight is 356 g/mol. The Morgan fingerprint density at radius 2 is 2.15 bits per heavy atom. The van der Waals surface area contributed by atoms with Crippen molar-refractivity contribution in [3.63, 3.8) is 0 Å². The first-order valence-corrected chi connectivity index (χ1v) is 8.61. The van der Waals surface area contributed by atoms with Crippen molar-refractivity contribution in [3.05, 3.63) is 37.7 Å². The standard InChI is InChI=1S/C15H22BrN3S/c1-5-8-17-13(9-12-6-7-14(16)20-12)15-10(2)18-19(4)11(15)3/h6-7,13,17H,5,8-9H2,1-4H3. The lowest BCUT2D eigenvalue weighted by Crippen LogP contribution is -2.25. The van der Waals surface area contributed by atoms with E-state index in [1.165, 1.54) is 19.9 Å². The fraction of sp³-hybridized carbons (Fsp3) is 0.533. The molecule has 1 atom stereocenters. The minimum absolute atomic E-state index is 0.342. The van der Waals surface area contributed by atoms with Gasteiger partial charge in [-0.2, -0.15) is 5.10 Å². The molecular formula is C15H22BrN3S. The first-order chi connectivity index (χ1) is 9.52. The average Bonchev–Trinajstić information content (AvgIpc) is 2.90. The molecule has 20 heavy (non-hydrogen) atoms. The fourth-order valence-electron chi connectivity index (χ4n) is 2.55. The number of hydrogen-bond donors (Lipinski definition) is 1. The quantitative estimate of drug-likeness (QED) is 0.843. The van der Waals surface area contributed by atoms with E-state index < -0.39 is 0 Å². The van der Waals surface area contributed by atoms with Gasteiger partial charge in [-0.15, -0.1) is 11.3 Å². The molecule has 2 rings (SSSR count). The van der Waals surface area contributed by atoms with Gasteiger partial charge in [0.1, 0.15) is 0 Å². The first-order valence-electron chi connectivity index (χ1n) is 7.00. The minimum Gasteiger partial charge on any atom is -0.310 e. The zero-order valence-electron chi connectivity index (χ0n) is 12.5. The summed E-state index contributed by atoms with van der Waals surface area (Å²) < 4.78 is 3.18. The molecule has 0 radical (unpaired) electrons. The molecule has 0 aliphatic rings. The van der Waals surface area contributed by atoms with Gasteiger partial charge in [0.25, 0.3) is 0 Å². The van der Waals surface area contributed by atoms with Gasteiger partial charge in [0.05, 0.1) is 9.48 Å². The second kappa shape index (κ2) is 6.87. The maximum atomic E-state index is 4.56. The van der Waals surface area contributed by atoms with Crippen LogP contribution in [0, 0.1) is 13.8 Å². The summed E-state index contributed by atoms with van der Waals surface area (Å²) in [5, 5.41) is 8.23. The van der Waals surface area contributed by atoms with Crippen molar-refractivity contribution in [2.45, 2.75) is 39.7 Å². The number of aromatic nitrogens is 2. The Bertz CT molecular complexity index is 574. The first kappa shape index (κ1) is 15.7. The monoisotopic (exact) mass is 355 g/mol. The molecule has 2 aromatic rings. The summed E-state index contributed by atoms with van der Waals surface area (Å²) in [6.07, 6.45) is 2.16. The van der Waals surface area contributed by atoms with Gasteiger partial charge in [-0.1, -0.05) is 6.92 Å². The summed E-state index contributed by atoms with van der Waals surface area (Å²) in [5.41, 5.74) is 3.74. The van der Waals surface area contributed by atoms with E-state index in [0.29, 0.717) is 6.04 Å². The van der Waals surface area contributed by atoms with Crippen LogP contribution in [-0.2, 0) is 13.5 Å². The Kier molecular flexibility index (Phi) is 5.41. The largest absolute Gasteiger partial charge is 0.310 e. The molecule has 1 unspecified atom stereocenters.